The van der Waals surface area contributed by atoms with Gasteiger partial charge in [-0.3, -0.25) is 4.79 Å². The predicted molar refractivity (Wildman–Crippen MR) is 87.2 cm³/mol. The monoisotopic (exact) mass is 332 g/mol. The van der Waals surface area contributed by atoms with Crippen LogP contribution >= 0.6 is 23.2 Å². The highest BCUT2D eigenvalue weighted by Crippen LogP contribution is 2.32. The third-order valence-electron chi connectivity index (χ3n) is 2.93. The van der Waals surface area contributed by atoms with E-state index in [1.807, 2.05) is 14.0 Å². The molecule has 21 heavy (non-hydrogen) atoms. The molecule has 4 nitrogen and oxygen atoms in total. The molecular formula is C15H22Cl2N2O2. The van der Waals surface area contributed by atoms with Crippen molar-refractivity contribution >= 4 is 29.1 Å². The van der Waals surface area contributed by atoms with Crippen molar-refractivity contribution in [2.24, 2.45) is 0 Å². The smallest absolute Gasteiger partial charge is 0.258 e. The van der Waals surface area contributed by atoms with Crippen molar-refractivity contribution in [3.8, 4) is 5.75 Å². The molecule has 6 heteroatoms. The number of hydrogen-bond donors (Lipinski definition) is 2. The molecule has 0 bridgehead atoms. The van der Waals surface area contributed by atoms with Crippen LogP contribution in [0.4, 0.5) is 0 Å². The first kappa shape index (κ1) is 18.1. The van der Waals surface area contributed by atoms with Crippen molar-refractivity contribution in [2.45, 2.75) is 39.3 Å². The third kappa shape index (κ3) is 6.12. The Bertz CT molecular complexity index is 481. The fourth-order valence-electron chi connectivity index (χ4n) is 2.06. The standard InChI is InChI=1S/C15H22Cl2N2O2/c1-4-5-10(2)19-14(20)9-21-15-11(8-18-3)6-12(16)7-13(15)17/h6-7,10,18H,4-5,8-9H2,1-3H3,(H,19,20). The Balaban J connectivity index is 2.68. The molecule has 0 aliphatic heterocycles. The molecule has 118 valence electrons. The van der Waals surface area contributed by atoms with Gasteiger partial charge < -0.3 is 15.4 Å². The van der Waals surface area contributed by atoms with E-state index in [1.165, 1.54) is 0 Å². The summed E-state index contributed by atoms with van der Waals surface area (Å²) in [6.07, 6.45) is 1.97. The number of benzene rings is 1. The zero-order chi connectivity index (χ0) is 15.8. The molecule has 1 atom stereocenters. The van der Waals surface area contributed by atoms with E-state index in [0.29, 0.717) is 22.3 Å². The minimum absolute atomic E-state index is 0.0634. The molecule has 1 aromatic rings. The first-order chi connectivity index (χ1) is 9.97. The highest BCUT2D eigenvalue weighted by molar-refractivity contribution is 6.35. The van der Waals surface area contributed by atoms with Crippen LogP contribution in [0.15, 0.2) is 12.1 Å². The second-order valence-corrected chi connectivity index (χ2v) is 5.80. The van der Waals surface area contributed by atoms with Gasteiger partial charge in [0.1, 0.15) is 5.75 Å². The van der Waals surface area contributed by atoms with Gasteiger partial charge in [0, 0.05) is 23.2 Å². The lowest BCUT2D eigenvalue weighted by molar-refractivity contribution is -0.123. The van der Waals surface area contributed by atoms with Gasteiger partial charge in [-0.05, 0) is 32.5 Å². The van der Waals surface area contributed by atoms with E-state index in [4.69, 9.17) is 27.9 Å². The number of carbonyl (C=O) groups excluding carboxylic acids is 1. The van der Waals surface area contributed by atoms with Crippen LogP contribution < -0.4 is 15.4 Å². The molecule has 1 aromatic carbocycles. The molecule has 0 saturated carbocycles. The Morgan fingerprint density at radius 1 is 1.38 bits per heavy atom. The Morgan fingerprint density at radius 3 is 2.71 bits per heavy atom. The lowest BCUT2D eigenvalue weighted by atomic mass is 10.2. The summed E-state index contributed by atoms with van der Waals surface area (Å²) in [5, 5.41) is 6.85. The number of ether oxygens (including phenoxy) is 1. The fraction of sp³-hybridized carbons (Fsp3) is 0.533. The number of rotatable bonds is 8. The van der Waals surface area contributed by atoms with Crippen molar-refractivity contribution in [3.05, 3.63) is 27.7 Å². The third-order valence-corrected chi connectivity index (χ3v) is 3.43. The second-order valence-electron chi connectivity index (χ2n) is 4.95. The van der Waals surface area contributed by atoms with Gasteiger partial charge in [-0.15, -0.1) is 0 Å². The molecule has 0 aliphatic rings. The van der Waals surface area contributed by atoms with E-state index < -0.39 is 0 Å². The molecule has 0 radical (unpaired) electrons. The molecule has 0 heterocycles. The summed E-state index contributed by atoms with van der Waals surface area (Å²) in [6, 6.07) is 3.52. The van der Waals surface area contributed by atoms with Gasteiger partial charge in [-0.25, -0.2) is 0 Å². The van der Waals surface area contributed by atoms with E-state index in [0.717, 1.165) is 18.4 Å². The van der Waals surface area contributed by atoms with Crippen LogP contribution in [0.5, 0.6) is 5.75 Å². The highest BCUT2D eigenvalue weighted by atomic mass is 35.5. The van der Waals surface area contributed by atoms with Gasteiger partial charge in [0.2, 0.25) is 0 Å². The molecule has 0 spiro atoms. The molecule has 1 amide bonds. The first-order valence-electron chi connectivity index (χ1n) is 7.02. The van der Waals surface area contributed by atoms with Gasteiger partial charge in [-0.1, -0.05) is 36.5 Å². The molecular weight excluding hydrogens is 311 g/mol. The van der Waals surface area contributed by atoms with Crippen molar-refractivity contribution in [3.63, 3.8) is 0 Å². The van der Waals surface area contributed by atoms with Crippen molar-refractivity contribution in [1.29, 1.82) is 0 Å². The van der Waals surface area contributed by atoms with Crippen molar-refractivity contribution < 1.29 is 9.53 Å². The zero-order valence-corrected chi connectivity index (χ0v) is 14.1. The maximum atomic E-state index is 11.8. The first-order valence-corrected chi connectivity index (χ1v) is 7.78. The van der Waals surface area contributed by atoms with Gasteiger partial charge in [0.05, 0.1) is 5.02 Å². The lowest BCUT2D eigenvalue weighted by Crippen LogP contribution is -2.36. The maximum Gasteiger partial charge on any atom is 0.258 e. The summed E-state index contributed by atoms with van der Waals surface area (Å²) in [6.45, 7) is 4.55. The van der Waals surface area contributed by atoms with Crippen molar-refractivity contribution in [1.82, 2.24) is 10.6 Å². The van der Waals surface area contributed by atoms with E-state index in [9.17, 15) is 4.79 Å². The van der Waals surface area contributed by atoms with Gasteiger partial charge in [0.15, 0.2) is 6.61 Å². The maximum absolute atomic E-state index is 11.8. The molecule has 0 aliphatic carbocycles. The van der Waals surface area contributed by atoms with Crippen LogP contribution in [0.3, 0.4) is 0 Å². The summed E-state index contributed by atoms with van der Waals surface area (Å²) >= 11 is 12.1. The van der Waals surface area contributed by atoms with Gasteiger partial charge >= 0.3 is 0 Å². The molecule has 0 saturated heterocycles. The van der Waals surface area contributed by atoms with E-state index in [1.54, 1.807) is 12.1 Å². The Labute approximate surface area is 136 Å². The molecule has 1 rings (SSSR count). The molecule has 1 unspecified atom stereocenters. The number of halogens is 2. The molecule has 2 N–H and O–H groups in total. The normalized spacial score (nSPS) is 12.0. The average Bonchev–Trinajstić information content (AvgIpc) is 2.38. The van der Waals surface area contributed by atoms with Crippen LogP contribution in [-0.4, -0.2) is 25.6 Å². The Morgan fingerprint density at radius 2 is 2.10 bits per heavy atom. The van der Waals surface area contributed by atoms with Crippen LogP contribution in [0.25, 0.3) is 0 Å². The SMILES string of the molecule is CCCC(C)NC(=O)COc1c(Cl)cc(Cl)cc1CNC. The summed E-state index contributed by atoms with van der Waals surface area (Å²) in [4.78, 5) is 11.8. The zero-order valence-electron chi connectivity index (χ0n) is 12.6. The Hall–Kier alpha value is -0.970. The number of carbonyl (C=O) groups is 1. The number of amides is 1. The molecule has 0 aromatic heterocycles. The van der Waals surface area contributed by atoms with Crippen LogP contribution in [-0.2, 0) is 11.3 Å². The van der Waals surface area contributed by atoms with Gasteiger partial charge in [-0.2, -0.15) is 0 Å². The number of nitrogens with one attached hydrogen (secondary N) is 2. The summed E-state index contributed by atoms with van der Waals surface area (Å²) in [5.74, 6) is 0.339. The predicted octanol–water partition coefficient (Wildman–Crippen LogP) is 3.40. The fourth-order valence-corrected chi connectivity index (χ4v) is 2.65. The summed E-state index contributed by atoms with van der Waals surface area (Å²) in [5.41, 5.74) is 0.824. The summed E-state index contributed by atoms with van der Waals surface area (Å²) in [7, 11) is 1.82. The average molecular weight is 333 g/mol. The van der Waals surface area contributed by atoms with Crippen LogP contribution in [0.2, 0.25) is 10.0 Å². The van der Waals surface area contributed by atoms with Gasteiger partial charge in [0.25, 0.3) is 5.91 Å². The van der Waals surface area contributed by atoms with Crippen molar-refractivity contribution in [2.75, 3.05) is 13.7 Å². The Kier molecular flexibility index (Phi) is 7.86. The lowest BCUT2D eigenvalue weighted by Gasteiger charge is -2.16. The molecule has 0 fully saturated rings. The minimum Gasteiger partial charge on any atom is -0.482 e. The topological polar surface area (TPSA) is 50.4 Å². The summed E-state index contributed by atoms with van der Waals surface area (Å²) < 4.78 is 5.57. The van der Waals surface area contributed by atoms with E-state index >= 15 is 0 Å². The minimum atomic E-state index is -0.155. The van der Waals surface area contributed by atoms with Crippen LogP contribution in [0.1, 0.15) is 32.3 Å². The van der Waals surface area contributed by atoms with E-state index in [2.05, 4.69) is 17.6 Å². The van der Waals surface area contributed by atoms with E-state index in [-0.39, 0.29) is 18.6 Å². The number of hydrogen-bond acceptors (Lipinski definition) is 3. The van der Waals surface area contributed by atoms with Crippen LogP contribution in [0, 0.1) is 0 Å². The highest BCUT2D eigenvalue weighted by Gasteiger charge is 2.13. The second kappa shape index (κ2) is 9.13. The quantitative estimate of drug-likeness (QED) is 0.767. The largest absolute Gasteiger partial charge is 0.482 e.